The van der Waals surface area contributed by atoms with E-state index in [0.29, 0.717) is 6.42 Å². The Morgan fingerprint density at radius 2 is 0.645 bits per heavy atom. The molecular formula is C88H147NO18. The van der Waals surface area contributed by atoms with Crippen LogP contribution < -0.4 is 5.32 Å². The molecule has 3 saturated heterocycles. The molecule has 3 aliphatic heterocycles. The van der Waals surface area contributed by atoms with Crippen LogP contribution in [0.3, 0.4) is 0 Å². The molecular weight excluding hydrogens is 1360 g/mol. The second kappa shape index (κ2) is 66.3. The van der Waals surface area contributed by atoms with Crippen molar-refractivity contribution >= 4 is 5.91 Å². The molecule has 0 spiro atoms. The van der Waals surface area contributed by atoms with Gasteiger partial charge in [0.15, 0.2) is 18.9 Å². The summed E-state index contributed by atoms with van der Waals surface area (Å²) in [6, 6.07) is -1.00. The van der Waals surface area contributed by atoms with Gasteiger partial charge in [-0.2, -0.15) is 0 Å². The van der Waals surface area contributed by atoms with Gasteiger partial charge in [-0.3, -0.25) is 4.79 Å². The molecule has 0 aromatic carbocycles. The number of aliphatic hydroxyl groups is 11. The zero-order valence-corrected chi connectivity index (χ0v) is 65.6. The lowest BCUT2D eigenvalue weighted by Gasteiger charge is -2.48. The number of ether oxygens (including phenoxy) is 6. The molecule has 12 N–H and O–H groups in total. The van der Waals surface area contributed by atoms with Crippen molar-refractivity contribution in [3.8, 4) is 0 Å². The predicted molar refractivity (Wildman–Crippen MR) is 429 cm³/mol. The Bertz CT molecular complexity index is 2500. The van der Waals surface area contributed by atoms with Crippen molar-refractivity contribution < 1.29 is 89.4 Å². The van der Waals surface area contributed by atoms with Crippen molar-refractivity contribution in [3.63, 3.8) is 0 Å². The Kier molecular flexibility index (Phi) is 60.0. The van der Waals surface area contributed by atoms with E-state index in [1.807, 2.05) is 6.08 Å². The largest absolute Gasteiger partial charge is 0.394 e. The van der Waals surface area contributed by atoms with Gasteiger partial charge in [0.1, 0.15) is 73.2 Å². The van der Waals surface area contributed by atoms with Crippen molar-refractivity contribution in [2.24, 2.45) is 0 Å². The average Bonchev–Trinajstić information content (AvgIpc) is 0.781. The van der Waals surface area contributed by atoms with E-state index in [1.54, 1.807) is 6.08 Å². The first-order valence-electron chi connectivity index (χ1n) is 41.6. The number of carbonyl (C=O) groups is 1. The first-order valence-corrected chi connectivity index (χ1v) is 41.6. The summed E-state index contributed by atoms with van der Waals surface area (Å²) in [5, 5.41) is 121. The lowest BCUT2D eigenvalue weighted by molar-refractivity contribution is -0.379. The third kappa shape index (κ3) is 45.7. The summed E-state index contributed by atoms with van der Waals surface area (Å²) in [4.78, 5) is 13.5. The molecule has 17 atom stereocenters. The number of unbranched alkanes of at least 4 members (excludes halogenated alkanes) is 26. The van der Waals surface area contributed by atoms with Crippen LogP contribution in [0.2, 0.25) is 0 Å². The van der Waals surface area contributed by atoms with Crippen molar-refractivity contribution in [1.29, 1.82) is 0 Å². The number of carbonyl (C=O) groups excluding carboxylic acids is 1. The molecule has 1 amide bonds. The van der Waals surface area contributed by atoms with Gasteiger partial charge in [-0.15, -0.1) is 0 Å². The standard InChI is InChI=1S/C88H147NO18/c1-3-5-7-9-11-13-15-17-19-21-23-25-27-29-30-31-32-33-34-35-36-37-38-39-40-42-44-46-48-50-52-54-56-58-60-62-64-66-76(94)89-71(72(93)65-63-61-59-57-55-53-51-49-47-45-43-41-28-26-24-22-20-18-16-14-12-10-8-6-4-2)70-102-86-82(100)79(97)84(74(68-91)104-86)107-88-83(101)80(98)85(75(69-92)105-88)106-87-81(99)78(96)77(95)73(67-90)103-87/h5,7,11,13,17,19,23,25,29-30,32-33,35-36,38-39,42,44,48,50,54,56,63,65,71-75,77-88,90-93,95-101H,3-4,6,8-10,12,14-16,18,20-22,24,26-28,31,34,37,40-41,43,45-47,49,51-53,55,57-62,64,66-70H2,1-2H3,(H,89,94)/b7-5-,13-11-,19-17-,25-23-,30-29-,33-32-,36-35-,39-38-,44-42-,50-48-,56-54-,65-63+. The van der Waals surface area contributed by atoms with Gasteiger partial charge in [0.25, 0.3) is 0 Å². The maximum atomic E-state index is 13.5. The Morgan fingerprint density at radius 1 is 0.346 bits per heavy atom. The molecule has 0 aromatic heterocycles. The summed E-state index contributed by atoms with van der Waals surface area (Å²) >= 11 is 0. The zero-order chi connectivity index (χ0) is 77.4. The molecule has 3 heterocycles. The van der Waals surface area contributed by atoms with Crippen LogP contribution in [-0.2, 0) is 33.2 Å². The highest BCUT2D eigenvalue weighted by atomic mass is 16.8. The van der Waals surface area contributed by atoms with Gasteiger partial charge in [-0.05, 0) is 103 Å². The molecule has 17 unspecified atom stereocenters. The summed E-state index contributed by atoms with van der Waals surface area (Å²) in [5.41, 5.74) is 0. The summed E-state index contributed by atoms with van der Waals surface area (Å²) in [7, 11) is 0. The molecule has 0 aliphatic carbocycles. The van der Waals surface area contributed by atoms with E-state index < -0.39 is 124 Å². The van der Waals surface area contributed by atoms with Crippen LogP contribution in [-0.4, -0.2) is 193 Å². The number of rotatable bonds is 64. The van der Waals surface area contributed by atoms with E-state index >= 15 is 0 Å². The Labute approximate surface area is 644 Å². The number of allylic oxidation sites excluding steroid dienone is 23. The molecule has 0 radical (unpaired) electrons. The Balaban J connectivity index is 1.39. The fourth-order valence-corrected chi connectivity index (χ4v) is 13.0. The number of hydrogen-bond acceptors (Lipinski definition) is 18. The summed E-state index contributed by atoms with van der Waals surface area (Å²) < 4.78 is 34.4. The first kappa shape index (κ1) is 96.9. The van der Waals surface area contributed by atoms with Gasteiger partial charge in [0.2, 0.25) is 5.91 Å². The van der Waals surface area contributed by atoms with Crippen molar-refractivity contribution in [1.82, 2.24) is 5.32 Å². The highest BCUT2D eigenvalue weighted by molar-refractivity contribution is 5.76. The van der Waals surface area contributed by atoms with E-state index in [2.05, 4.69) is 153 Å². The molecule has 0 saturated carbocycles. The van der Waals surface area contributed by atoms with Crippen LogP contribution in [0.5, 0.6) is 0 Å². The summed E-state index contributed by atoms with van der Waals surface area (Å²) in [6.07, 6.45) is 69.7. The summed E-state index contributed by atoms with van der Waals surface area (Å²) in [5.74, 6) is -0.311. The van der Waals surface area contributed by atoms with Gasteiger partial charge >= 0.3 is 0 Å². The van der Waals surface area contributed by atoms with Crippen molar-refractivity contribution in [2.45, 2.75) is 375 Å². The summed E-state index contributed by atoms with van der Waals surface area (Å²) in [6.45, 7) is 1.61. The number of amides is 1. The van der Waals surface area contributed by atoms with Gasteiger partial charge < -0.3 is 89.9 Å². The van der Waals surface area contributed by atoms with Crippen LogP contribution in [0.15, 0.2) is 146 Å². The highest BCUT2D eigenvalue weighted by Crippen LogP contribution is 2.33. The number of hydrogen-bond donors (Lipinski definition) is 12. The number of aliphatic hydroxyl groups excluding tert-OH is 11. The fourth-order valence-electron chi connectivity index (χ4n) is 13.0. The normalized spacial score (nSPS) is 26.3. The van der Waals surface area contributed by atoms with Gasteiger partial charge in [0, 0.05) is 6.42 Å². The van der Waals surface area contributed by atoms with Gasteiger partial charge in [0.05, 0.1) is 38.6 Å². The molecule has 107 heavy (non-hydrogen) atoms. The van der Waals surface area contributed by atoms with E-state index in [-0.39, 0.29) is 18.9 Å². The lowest BCUT2D eigenvalue weighted by atomic mass is 9.96. The smallest absolute Gasteiger partial charge is 0.220 e. The maximum Gasteiger partial charge on any atom is 0.220 e. The molecule has 19 nitrogen and oxygen atoms in total. The molecule has 3 fully saturated rings. The minimum absolute atomic E-state index is 0.194. The van der Waals surface area contributed by atoms with E-state index in [9.17, 15) is 61.0 Å². The molecule has 3 rings (SSSR count). The third-order valence-corrected chi connectivity index (χ3v) is 19.6. The highest BCUT2D eigenvalue weighted by Gasteiger charge is 2.54. The third-order valence-electron chi connectivity index (χ3n) is 19.6. The van der Waals surface area contributed by atoms with Crippen LogP contribution in [0.25, 0.3) is 0 Å². The van der Waals surface area contributed by atoms with Crippen LogP contribution in [0.4, 0.5) is 0 Å². The van der Waals surface area contributed by atoms with E-state index in [0.717, 1.165) is 116 Å². The van der Waals surface area contributed by atoms with Crippen LogP contribution >= 0.6 is 0 Å². The van der Waals surface area contributed by atoms with E-state index in [4.69, 9.17) is 28.4 Å². The SMILES string of the molecule is CC/C=C\C/C=C\C/C=C\C/C=C\C/C=C\C/C=C\C/C=C\C/C=C\C/C=C\C/C=C\C/C=C\CCCCCC(=O)NC(COC1OC(CO)C(OC2OC(CO)C(OC3OC(CO)C(O)C(O)C3O)C(O)C2O)C(O)C1O)C(O)/C=C/CCCCCCCCCCCCCCCCCCCCCCCCC. The lowest BCUT2D eigenvalue weighted by Crippen LogP contribution is -2.66. The van der Waals surface area contributed by atoms with E-state index in [1.165, 1.54) is 128 Å². The monoisotopic (exact) mass is 1510 g/mol. The molecule has 612 valence electrons. The quantitative estimate of drug-likeness (QED) is 0.0199. The predicted octanol–water partition coefficient (Wildman–Crippen LogP) is 14.6. The van der Waals surface area contributed by atoms with Crippen molar-refractivity contribution in [3.05, 3.63) is 146 Å². The number of nitrogens with one attached hydrogen (secondary N) is 1. The molecule has 19 heteroatoms. The Hall–Kier alpha value is -4.33. The minimum Gasteiger partial charge on any atom is -0.394 e. The maximum absolute atomic E-state index is 13.5. The molecule has 3 aliphatic rings. The second-order valence-corrected chi connectivity index (χ2v) is 28.9. The van der Waals surface area contributed by atoms with Gasteiger partial charge in [-0.25, -0.2) is 0 Å². The molecule has 0 bridgehead atoms. The van der Waals surface area contributed by atoms with Crippen molar-refractivity contribution in [2.75, 3.05) is 26.4 Å². The van der Waals surface area contributed by atoms with Crippen LogP contribution in [0.1, 0.15) is 271 Å². The minimum atomic E-state index is -1.99. The fraction of sp³-hybridized carbons (Fsp3) is 0.716. The Morgan fingerprint density at radius 3 is 1.01 bits per heavy atom. The molecule has 0 aromatic rings. The zero-order valence-electron chi connectivity index (χ0n) is 65.6. The van der Waals surface area contributed by atoms with Gasteiger partial charge in [-0.1, -0.05) is 307 Å². The topological polar surface area (TPSA) is 307 Å². The van der Waals surface area contributed by atoms with Crippen LogP contribution in [0, 0.1) is 0 Å². The first-order chi connectivity index (χ1) is 52.3. The average molecular weight is 1510 g/mol. The second-order valence-electron chi connectivity index (χ2n) is 28.9.